The van der Waals surface area contributed by atoms with Crippen LogP contribution < -0.4 is 5.32 Å². The van der Waals surface area contributed by atoms with Crippen molar-refractivity contribution in [1.29, 1.82) is 0 Å². The van der Waals surface area contributed by atoms with Crippen LogP contribution in [0.2, 0.25) is 0 Å². The first-order chi connectivity index (χ1) is 13.1. The average molecular weight is 368 g/mol. The summed E-state index contributed by atoms with van der Waals surface area (Å²) in [5.41, 5.74) is 0.947. The lowest BCUT2D eigenvalue weighted by Crippen LogP contribution is -2.08. The van der Waals surface area contributed by atoms with E-state index in [2.05, 4.69) is 15.5 Å². The summed E-state index contributed by atoms with van der Waals surface area (Å²) < 4.78 is 10.6. The zero-order valence-electron chi connectivity index (χ0n) is 14.4. The van der Waals surface area contributed by atoms with Crippen molar-refractivity contribution in [2.75, 3.05) is 11.9 Å². The first kappa shape index (κ1) is 18.1. The Morgan fingerprint density at radius 1 is 1.22 bits per heavy atom. The lowest BCUT2D eigenvalue weighted by atomic mass is 10.1. The van der Waals surface area contributed by atoms with E-state index in [1.165, 1.54) is 18.2 Å². The molecule has 9 heteroatoms. The minimum atomic E-state index is -0.722. The molecule has 0 saturated carbocycles. The van der Waals surface area contributed by atoms with E-state index in [1.807, 2.05) is 37.3 Å². The second-order valence-electron chi connectivity index (χ2n) is 5.46. The molecule has 3 rings (SSSR count). The molecule has 27 heavy (non-hydrogen) atoms. The zero-order chi connectivity index (χ0) is 19.2. The zero-order valence-corrected chi connectivity index (χ0v) is 14.4. The van der Waals surface area contributed by atoms with E-state index in [0.717, 1.165) is 5.56 Å². The fourth-order valence-corrected chi connectivity index (χ4v) is 2.37. The summed E-state index contributed by atoms with van der Waals surface area (Å²) in [5, 5.41) is 21.8. The molecular formula is C18H16N4O5. The van der Waals surface area contributed by atoms with Crippen molar-refractivity contribution < 1.29 is 18.9 Å². The quantitative estimate of drug-likeness (QED) is 0.382. The Labute approximate surface area is 154 Å². The van der Waals surface area contributed by atoms with Crippen molar-refractivity contribution in [3.8, 4) is 11.5 Å². The van der Waals surface area contributed by atoms with Crippen molar-refractivity contribution in [1.82, 2.24) is 10.2 Å². The number of nitro benzene ring substituents is 1. The molecular weight excluding hydrogens is 352 g/mol. The number of aromatic nitrogens is 2. The minimum Gasteiger partial charge on any atom is -0.452 e. The minimum absolute atomic E-state index is 0.0613. The first-order valence-electron chi connectivity index (χ1n) is 8.15. The second kappa shape index (κ2) is 8.09. The normalized spacial score (nSPS) is 10.4. The van der Waals surface area contributed by atoms with Crippen molar-refractivity contribution in [3.05, 3.63) is 70.1 Å². The maximum atomic E-state index is 12.2. The summed E-state index contributed by atoms with van der Waals surface area (Å²) in [6.45, 7) is 2.10. The lowest BCUT2D eigenvalue weighted by molar-refractivity contribution is -0.384. The van der Waals surface area contributed by atoms with E-state index in [9.17, 15) is 14.9 Å². The van der Waals surface area contributed by atoms with Crippen LogP contribution in [0.1, 0.15) is 23.2 Å². The third-order valence-electron chi connectivity index (χ3n) is 3.61. The smallest absolute Gasteiger partial charge is 0.338 e. The number of nitrogens with one attached hydrogen (secondary N) is 1. The molecule has 9 nitrogen and oxygen atoms in total. The fraction of sp³-hybridized carbons (Fsp3) is 0.167. The van der Waals surface area contributed by atoms with Crippen LogP contribution >= 0.6 is 0 Å². The summed E-state index contributed by atoms with van der Waals surface area (Å²) in [5.74, 6) is -0.283. The van der Waals surface area contributed by atoms with Gasteiger partial charge in [0.15, 0.2) is 6.61 Å². The Morgan fingerprint density at radius 3 is 2.70 bits per heavy atom. The van der Waals surface area contributed by atoms with E-state index in [-0.39, 0.29) is 23.7 Å². The number of hydrogen-bond donors (Lipinski definition) is 1. The summed E-state index contributed by atoms with van der Waals surface area (Å²) in [6, 6.07) is 13.3. The summed E-state index contributed by atoms with van der Waals surface area (Å²) in [4.78, 5) is 22.8. The molecule has 2 aromatic carbocycles. The number of nitro groups is 1. The van der Waals surface area contributed by atoms with Crippen molar-refractivity contribution in [3.63, 3.8) is 0 Å². The molecule has 0 bridgehead atoms. The molecule has 1 N–H and O–H groups in total. The number of nitrogens with zero attached hydrogens (tertiary/aromatic N) is 3. The van der Waals surface area contributed by atoms with Gasteiger partial charge >= 0.3 is 5.97 Å². The van der Waals surface area contributed by atoms with E-state index >= 15 is 0 Å². The van der Waals surface area contributed by atoms with Crippen LogP contribution in [-0.2, 0) is 11.3 Å². The topological polar surface area (TPSA) is 120 Å². The Kier molecular flexibility index (Phi) is 5.41. The molecule has 1 heterocycles. The summed E-state index contributed by atoms with van der Waals surface area (Å²) >= 11 is 0. The molecule has 0 aliphatic carbocycles. The Hall–Kier alpha value is -3.75. The summed E-state index contributed by atoms with van der Waals surface area (Å²) in [7, 11) is 0. The monoisotopic (exact) mass is 368 g/mol. The van der Waals surface area contributed by atoms with Crippen LogP contribution in [0.25, 0.3) is 11.5 Å². The molecule has 138 valence electrons. The van der Waals surface area contributed by atoms with Crippen molar-refractivity contribution in [2.45, 2.75) is 13.5 Å². The van der Waals surface area contributed by atoms with E-state index in [1.54, 1.807) is 0 Å². The van der Waals surface area contributed by atoms with Crippen LogP contribution in [0.4, 0.5) is 11.4 Å². The highest BCUT2D eigenvalue weighted by Crippen LogP contribution is 2.26. The second-order valence-corrected chi connectivity index (χ2v) is 5.46. The van der Waals surface area contributed by atoms with Crippen molar-refractivity contribution in [2.24, 2.45) is 0 Å². The molecule has 0 fully saturated rings. The predicted molar refractivity (Wildman–Crippen MR) is 96.1 cm³/mol. The third kappa shape index (κ3) is 4.27. The summed E-state index contributed by atoms with van der Waals surface area (Å²) in [6.07, 6.45) is 0. The molecule has 0 radical (unpaired) electrons. The average Bonchev–Trinajstić information content (AvgIpc) is 3.16. The van der Waals surface area contributed by atoms with Gasteiger partial charge in [0.25, 0.3) is 11.6 Å². The predicted octanol–water partition coefficient (Wildman–Crippen LogP) is 3.43. The highest BCUT2D eigenvalue weighted by molar-refractivity contribution is 5.91. The number of rotatable bonds is 7. The molecule has 0 aliphatic heterocycles. The molecule has 0 unspecified atom stereocenters. The number of hydrogen-bond acceptors (Lipinski definition) is 8. The molecule has 0 aliphatic rings. The van der Waals surface area contributed by atoms with Gasteiger partial charge in [0.05, 0.1) is 10.5 Å². The Bertz CT molecular complexity index is 955. The van der Waals surface area contributed by atoms with Crippen LogP contribution in [-0.4, -0.2) is 27.6 Å². The number of ether oxygens (including phenoxy) is 1. The van der Waals surface area contributed by atoms with Crippen LogP contribution in [0, 0.1) is 10.1 Å². The number of benzene rings is 2. The van der Waals surface area contributed by atoms with Gasteiger partial charge in [0.2, 0.25) is 5.89 Å². The molecule has 0 amide bonds. The van der Waals surface area contributed by atoms with E-state index in [4.69, 9.17) is 9.15 Å². The number of carbonyl (C=O) groups is 1. The largest absolute Gasteiger partial charge is 0.452 e. The van der Waals surface area contributed by atoms with Crippen LogP contribution in [0.15, 0.2) is 52.9 Å². The molecule has 0 saturated heterocycles. The van der Waals surface area contributed by atoms with E-state index < -0.39 is 10.9 Å². The molecule has 0 spiro atoms. The van der Waals surface area contributed by atoms with Gasteiger partial charge in [0.1, 0.15) is 5.69 Å². The number of carbonyl (C=O) groups excluding carboxylic acids is 1. The van der Waals surface area contributed by atoms with Gasteiger partial charge in [-0.05, 0) is 31.2 Å². The van der Waals surface area contributed by atoms with E-state index in [0.29, 0.717) is 18.1 Å². The lowest BCUT2D eigenvalue weighted by Gasteiger charge is -2.06. The van der Waals surface area contributed by atoms with Gasteiger partial charge in [-0.1, -0.05) is 18.2 Å². The van der Waals surface area contributed by atoms with Crippen LogP contribution in [0.3, 0.4) is 0 Å². The third-order valence-corrected chi connectivity index (χ3v) is 3.61. The standard InChI is InChI=1S/C18H16N4O5/c1-2-19-14-9-8-13(10-15(14)22(24)25)18(23)26-11-16-20-21-17(27-16)12-6-4-3-5-7-12/h3-10,19H,2,11H2,1H3. The number of esters is 1. The Morgan fingerprint density at radius 2 is 2.00 bits per heavy atom. The highest BCUT2D eigenvalue weighted by Gasteiger charge is 2.19. The molecule has 1 aromatic heterocycles. The SMILES string of the molecule is CCNc1ccc(C(=O)OCc2nnc(-c3ccccc3)o2)cc1[N+](=O)[O-]. The highest BCUT2D eigenvalue weighted by atomic mass is 16.6. The fourth-order valence-electron chi connectivity index (χ4n) is 2.37. The van der Waals surface area contributed by atoms with Gasteiger partial charge in [0, 0.05) is 18.2 Å². The van der Waals surface area contributed by atoms with Gasteiger partial charge in [-0.3, -0.25) is 10.1 Å². The number of anilines is 1. The maximum absolute atomic E-state index is 12.2. The van der Waals surface area contributed by atoms with Crippen molar-refractivity contribution >= 4 is 17.3 Å². The van der Waals surface area contributed by atoms with Gasteiger partial charge < -0.3 is 14.5 Å². The first-order valence-corrected chi connectivity index (χ1v) is 8.15. The van der Waals surface area contributed by atoms with Crippen LogP contribution in [0.5, 0.6) is 0 Å². The van der Waals surface area contributed by atoms with Gasteiger partial charge in [-0.2, -0.15) is 0 Å². The molecule has 3 aromatic rings. The van der Waals surface area contributed by atoms with Gasteiger partial charge in [-0.25, -0.2) is 4.79 Å². The van der Waals surface area contributed by atoms with Gasteiger partial charge in [-0.15, -0.1) is 10.2 Å². The Balaban J connectivity index is 1.68. The molecule has 0 atom stereocenters. The maximum Gasteiger partial charge on any atom is 0.338 e.